The van der Waals surface area contributed by atoms with Crippen molar-refractivity contribution in [1.82, 2.24) is 30.1 Å². The lowest BCUT2D eigenvalue weighted by Gasteiger charge is -2.35. The first-order valence-electron chi connectivity index (χ1n) is 9.90. The van der Waals surface area contributed by atoms with Gasteiger partial charge in [-0.05, 0) is 13.8 Å². The van der Waals surface area contributed by atoms with Crippen LogP contribution in [-0.4, -0.2) is 67.6 Å². The molecule has 1 saturated heterocycles. The molecule has 3 N–H and O–H groups in total. The van der Waals surface area contributed by atoms with Gasteiger partial charge in [0.1, 0.15) is 0 Å². The molecule has 4 rings (SSSR count). The largest absolute Gasteiger partial charge is 0.464 e. The molecule has 0 saturated carbocycles. The number of hydrogen-bond donors (Lipinski definition) is 3. The minimum atomic E-state index is -0.827. The fraction of sp³-hybridized carbons (Fsp3) is 0.421. The Morgan fingerprint density at radius 1 is 1.34 bits per heavy atom. The maximum Gasteiger partial charge on any atom is 0.258 e. The highest BCUT2D eigenvalue weighted by Gasteiger charge is 2.30. The summed E-state index contributed by atoms with van der Waals surface area (Å²) in [6.45, 7) is 4.04. The Labute approximate surface area is 181 Å². The zero-order valence-corrected chi connectivity index (χ0v) is 17.4. The number of aromatic nitrogens is 6. The van der Waals surface area contributed by atoms with Crippen molar-refractivity contribution in [2.45, 2.75) is 26.0 Å². The maximum absolute atomic E-state index is 15.5. The van der Waals surface area contributed by atoms with Crippen molar-refractivity contribution < 1.29 is 23.4 Å². The molecule has 3 aromatic rings. The van der Waals surface area contributed by atoms with Crippen molar-refractivity contribution in [2.24, 2.45) is 0 Å². The molecule has 0 aromatic carbocycles. The number of halogens is 2. The zero-order chi connectivity index (χ0) is 22.7. The number of rotatable bonds is 7. The fourth-order valence-corrected chi connectivity index (χ4v) is 3.17. The van der Waals surface area contributed by atoms with E-state index >= 15 is 4.39 Å². The highest BCUT2D eigenvalue weighted by atomic mass is 19.1. The number of nitrogens with one attached hydrogen (secondary N) is 2. The summed E-state index contributed by atoms with van der Waals surface area (Å²) in [6.07, 6.45) is 1.17. The van der Waals surface area contributed by atoms with Crippen LogP contribution in [-0.2, 0) is 4.74 Å². The van der Waals surface area contributed by atoms with Gasteiger partial charge in [0, 0.05) is 18.3 Å². The van der Waals surface area contributed by atoms with Gasteiger partial charge in [-0.1, -0.05) is 0 Å². The Morgan fingerprint density at radius 2 is 2.12 bits per heavy atom. The smallest absolute Gasteiger partial charge is 0.258 e. The molecule has 0 radical (unpaired) electrons. The molecule has 1 fully saturated rings. The number of aromatic amines is 1. The van der Waals surface area contributed by atoms with Crippen molar-refractivity contribution in [1.29, 1.82) is 0 Å². The van der Waals surface area contributed by atoms with Gasteiger partial charge in [-0.3, -0.25) is 5.10 Å². The summed E-state index contributed by atoms with van der Waals surface area (Å²) in [6, 6.07) is 1.24. The summed E-state index contributed by atoms with van der Waals surface area (Å²) in [5, 5.41) is 19.5. The second-order valence-corrected chi connectivity index (χ2v) is 7.18. The first-order valence-corrected chi connectivity index (χ1v) is 9.90. The average Bonchev–Trinajstić information content (AvgIpc) is 3.20. The number of aliphatic hydroxyl groups excluding tert-OH is 1. The first-order chi connectivity index (χ1) is 15.4. The van der Waals surface area contributed by atoms with E-state index in [1.165, 1.54) is 0 Å². The summed E-state index contributed by atoms with van der Waals surface area (Å²) in [5.41, 5.74) is 0.807. The number of H-pyrrole nitrogens is 1. The van der Waals surface area contributed by atoms with Crippen molar-refractivity contribution in [3.05, 3.63) is 41.6 Å². The third-order valence-corrected chi connectivity index (χ3v) is 4.75. The van der Waals surface area contributed by atoms with Crippen LogP contribution in [0.4, 0.5) is 26.4 Å². The molecule has 1 aliphatic rings. The predicted molar refractivity (Wildman–Crippen MR) is 109 cm³/mol. The van der Waals surface area contributed by atoms with Gasteiger partial charge in [0.2, 0.25) is 11.8 Å². The van der Waals surface area contributed by atoms with E-state index in [-0.39, 0.29) is 36.7 Å². The molecular weight excluding hydrogens is 426 g/mol. The fourth-order valence-electron chi connectivity index (χ4n) is 3.17. The Morgan fingerprint density at radius 3 is 2.81 bits per heavy atom. The van der Waals surface area contributed by atoms with Gasteiger partial charge >= 0.3 is 0 Å². The molecule has 0 amide bonds. The molecule has 0 bridgehead atoms. The van der Waals surface area contributed by atoms with Crippen LogP contribution in [0.5, 0.6) is 5.88 Å². The molecule has 4 heterocycles. The van der Waals surface area contributed by atoms with E-state index in [1.54, 1.807) is 17.9 Å². The molecule has 0 aliphatic carbocycles. The van der Waals surface area contributed by atoms with Crippen molar-refractivity contribution >= 4 is 17.6 Å². The van der Waals surface area contributed by atoms with Crippen LogP contribution in [0.2, 0.25) is 0 Å². The maximum atomic E-state index is 15.5. The van der Waals surface area contributed by atoms with Crippen LogP contribution in [0, 0.1) is 18.6 Å². The number of aliphatic hydroxyl groups is 1. The Bertz CT molecular complexity index is 1070. The van der Waals surface area contributed by atoms with Gasteiger partial charge < -0.3 is 24.8 Å². The number of anilines is 3. The molecule has 1 aliphatic heterocycles. The monoisotopic (exact) mass is 448 g/mol. The first kappa shape index (κ1) is 21.8. The summed E-state index contributed by atoms with van der Waals surface area (Å²) in [7, 11) is 0. The topological polar surface area (TPSA) is 134 Å². The van der Waals surface area contributed by atoms with E-state index in [2.05, 4.69) is 35.5 Å². The van der Waals surface area contributed by atoms with Crippen molar-refractivity contribution in [3.63, 3.8) is 0 Å². The molecule has 13 heteroatoms. The minimum absolute atomic E-state index is 0.0401. The van der Waals surface area contributed by atoms with E-state index in [0.717, 1.165) is 18.1 Å². The van der Waals surface area contributed by atoms with Crippen molar-refractivity contribution in [3.8, 4) is 5.88 Å². The van der Waals surface area contributed by atoms with E-state index < -0.39 is 23.8 Å². The van der Waals surface area contributed by atoms with Gasteiger partial charge in [0.25, 0.3) is 5.88 Å². The van der Waals surface area contributed by atoms with Crippen LogP contribution in [0.3, 0.4) is 0 Å². The van der Waals surface area contributed by atoms with E-state index in [9.17, 15) is 9.50 Å². The van der Waals surface area contributed by atoms with Crippen LogP contribution in [0.1, 0.15) is 24.5 Å². The Balaban J connectivity index is 1.70. The number of hydrogen-bond acceptors (Lipinski definition) is 10. The second-order valence-electron chi connectivity index (χ2n) is 7.18. The zero-order valence-electron chi connectivity index (χ0n) is 17.4. The highest BCUT2D eigenvalue weighted by molar-refractivity contribution is 5.55. The number of ether oxygens (including phenoxy) is 2. The van der Waals surface area contributed by atoms with E-state index in [4.69, 9.17) is 9.47 Å². The lowest BCUT2D eigenvalue weighted by molar-refractivity contribution is 0.0717. The third kappa shape index (κ3) is 4.73. The molecule has 1 unspecified atom stereocenters. The average molecular weight is 448 g/mol. The highest BCUT2D eigenvalue weighted by Crippen LogP contribution is 2.31. The van der Waals surface area contributed by atoms with Crippen LogP contribution >= 0.6 is 0 Å². The summed E-state index contributed by atoms with van der Waals surface area (Å²) in [4.78, 5) is 17.8. The molecule has 170 valence electrons. The van der Waals surface area contributed by atoms with Gasteiger partial charge in [0.15, 0.2) is 29.4 Å². The molecule has 2 atom stereocenters. The van der Waals surface area contributed by atoms with Gasteiger partial charge in [-0.2, -0.15) is 19.5 Å². The van der Waals surface area contributed by atoms with E-state index in [1.807, 2.05) is 6.92 Å². The van der Waals surface area contributed by atoms with Crippen molar-refractivity contribution in [2.75, 3.05) is 36.6 Å². The molecule has 32 heavy (non-hydrogen) atoms. The number of aryl methyl sites for hydroxylation is 1. The van der Waals surface area contributed by atoms with Crippen LogP contribution in [0.25, 0.3) is 0 Å². The van der Waals surface area contributed by atoms with Gasteiger partial charge in [0.05, 0.1) is 38.3 Å². The quantitative estimate of drug-likeness (QED) is 0.490. The summed E-state index contributed by atoms with van der Waals surface area (Å²) < 4.78 is 39.7. The second kappa shape index (κ2) is 9.36. The molecule has 0 spiro atoms. The standard InChI is InChI=1S/C19H22F2N8O3/c1-10-5-14(28-27-10)24-19-25-17(29-3-4-31-9-13(29)8-30)15(21)18(26-19)32-11(2)16-22-6-12(20)7-23-16/h5-7,11,13,30H,3-4,8-9H2,1-2H3,(H2,24,25,26,27,28)/t11?,13-/m1/s1. The summed E-state index contributed by atoms with van der Waals surface area (Å²) in [5.74, 6) is -1.20. The van der Waals surface area contributed by atoms with Crippen LogP contribution in [0.15, 0.2) is 18.5 Å². The minimum Gasteiger partial charge on any atom is -0.464 e. The Hall–Kier alpha value is -3.45. The lowest BCUT2D eigenvalue weighted by atomic mass is 10.2. The molecular formula is C19H22F2N8O3. The Kier molecular flexibility index (Phi) is 6.37. The van der Waals surface area contributed by atoms with Gasteiger partial charge in [-0.15, -0.1) is 0 Å². The predicted octanol–water partition coefficient (Wildman–Crippen LogP) is 1.66. The normalized spacial score (nSPS) is 17.3. The van der Waals surface area contributed by atoms with Crippen LogP contribution < -0.4 is 15.0 Å². The number of morpholine rings is 1. The number of nitrogens with zero attached hydrogens (tertiary/aromatic N) is 6. The lowest BCUT2D eigenvalue weighted by Crippen LogP contribution is -2.48. The molecule has 3 aromatic heterocycles. The molecule has 11 nitrogen and oxygen atoms in total. The summed E-state index contributed by atoms with van der Waals surface area (Å²) >= 11 is 0. The SMILES string of the molecule is Cc1cc(Nc2nc(OC(C)c3ncc(F)cn3)c(F)c(N3CCOC[C@H]3CO)n2)n[nH]1. The van der Waals surface area contributed by atoms with E-state index in [0.29, 0.717) is 19.0 Å². The van der Waals surface area contributed by atoms with Gasteiger partial charge in [-0.25, -0.2) is 14.4 Å². The third-order valence-electron chi connectivity index (χ3n) is 4.75.